The van der Waals surface area contributed by atoms with Crippen molar-refractivity contribution in [2.45, 2.75) is 45.1 Å². The quantitative estimate of drug-likeness (QED) is 0.485. The molecule has 1 aromatic rings. The van der Waals surface area contributed by atoms with E-state index in [1.165, 1.54) is 23.3 Å². The molecule has 0 atom stereocenters. The summed E-state index contributed by atoms with van der Waals surface area (Å²) in [4.78, 5) is 1.34. The molecule has 0 aliphatic carbocycles. The van der Waals surface area contributed by atoms with Crippen molar-refractivity contribution >= 4 is 11.8 Å². The maximum absolute atomic E-state index is 5.58. The van der Waals surface area contributed by atoms with Crippen LogP contribution in [0.2, 0.25) is 0 Å². The number of hydrogen-bond acceptors (Lipinski definition) is 3. The Bertz CT molecular complexity index is 355. The molecule has 0 spiro atoms. The molecule has 0 heterocycles. The molecule has 1 rings (SSSR count). The second-order valence-electron chi connectivity index (χ2n) is 5.49. The molecule has 114 valence electrons. The van der Waals surface area contributed by atoms with Gasteiger partial charge in [0, 0.05) is 23.8 Å². The van der Waals surface area contributed by atoms with Crippen LogP contribution in [0.4, 0.5) is 0 Å². The lowest BCUT2D eigenvalue weighted by Gasteiger charge is -2.09. The molecule has 0 saturated carbocycles. The normalized spacial score (nSPS) is 11.2. The fourth-order valence-electron chi connectivity index (χ4n) is 1.82. The van der Waals surface area contributed by atoms with Gasteiger partial charge in [0.2, 0.25) is 0 Å². The number of unbranched alkanes of at least 4 members (excludes halogenated alkanes) is 1. The lowest BCUT2D eigenvalue weighted by atomic mass is 10.2. The summed E-state index contributed by atoms with van der Waals surface area (Å²) in [7, 11) is 0. The van der Waals surface area contributed by atoms with E-state index in [9.17, 15) is 0 Å². The van der Waals surface area contributed by atoms with Gasteiger partial charge >= 0.3 is 0 Å². The maximum Gasteiger partial charge on any atom is 0.0560 e. The minimum Gasteiger partial charge on any atom is -0.381 e. The first-order valence-corrected chi connectivity index (χ1v) is 8.71. The fourth-order valence-corrected chi connectivity index (χ4v) is 2.66. The van der Waals surface area contributed by atoms with Gasteiger partial charge in [0.05, 0.1) is 6.61 Å². The van der Waals surface area contributed by atoms with Gasteiger partial charge in [-0.05, 0) is 36.6 Å². The Morgan fingerprint density at radius 2 is 2.10 bits per heavy atom. The van der Waals surface area contributed by atoms with Crippen LogP contribution < -0.4 is 5.32 Å². The first-order valence-electron chi connectivity index (χ1n) is 7.72. The van der Waals surface area contributed by atoms with Crippen LogP contribution in [0.15, 0.2) is 29.2 Å². The van der Waals surface area contributed by atoms with Crippen LogP contribution in [-0.4, -0.2) is 25.5 Å². The molecular weight excluding hydrogens is 266 g/mol. The second-order valence-corrected chi connectivity index (χ2v) is 6.65. The predicted octanol–water partition coefficient (Wildman–Crippen LogP) is 4.34. The van der Waals surface area contributed by atoms with Crippen molar-refractivity contribution in [1.29, 1.82) is 0 Å². The molecule has 1 aromatic carbocycles. The number of thioether (sulfide) groups is 1. The lowest BCUT2D eigenvalue weighted by Crippen LogP contribution is -2.18. The molecule has 3 heteroatoms. The summed E-state index contributed by atoms with van der Waals surface area (Å²) in [6.07, 6.45) is 2.38. The Morgan fingerprint density at radius 3 is 2.85 bits per heavy atom. The molecule has 20 heavy (non-hydrogen) atoms. The summed E-state index contributed by atoms with van der Waals surface area (Å²) < 4.78 is 5.58. The minimum absolute atomic E-state index is 0.702. The van der Waals surface area contributed by atoms with E-state index in [-0.39, 0.29) is 0 Å². The smallest absolute Gasteiger partial charge is 0.0560 e. The van der Waals surface area contributed by atoms with Gasteiger partial charge in [0.1, 0.15) is 0 Å². The maximum atomic E-state index is 5.58. The van der Waals surface area contributed by atoms with Gasteiger partial charge in [-0.25, -0.2) is 0 Å². The molecule has 0 aliphatic heterocycles. The molecule has 0 amide bonds. The minimum atomic E-state index is 0.702. The third-order valence-corrected chi connectivity index (χ3v) is 3.88. The largest absolute Gasteiger partial charge is 0.381 e. The van der Waals surface area contributed by atoms with Gasteiger partial charge in [-0.2, -0.15) is 0 Å². The molecule has 1 N–H and O–H groups in total. The highest BCUT2D eigenvalue weighted by Gasteiger charge is 1.98. The van der Waals surface area contributed by atoms with Crippen LogP contribution in [0.5, 0.6) is 0 Å². The van der Waals surface area contributed by atoms with Crippen molar-refractivity contribution < 1.29 is 4.74 Å². The van der Waals surface area contributed by atoms with E-state index in [1.807, 2.05) is 11.8 Å². The van der Waals surface area contributed by atoms with E-state index in [2.05, 4.69) is 50.4 Å². The molecule has 2 nitrogen and oxygen atoms in total. The summed E-state index contributed by atoms with van der Waals surface area (Å²) in [6, 6.07) is 8.80. The Balaban J connectivity index is 2.22. The summed E-state index contributed by atoms with van der Waals surface area (Å²) in [6.45, 7) is 10.4. The first kappa shape index (κ1) is 17.5. The standard InChI is InChI=1S/C17H29NOS/c1-4-5-9-19-10-11-20-17-8-6-7-16(12-17)14-18-13-15(2)3/h6-8,12,15,18H,4-5,9-11,13-14H2,1-3H3. The van der Waals surface area contributed by atoms with Crippen molar-refractivity contribution in [2.24, 2.45) is 5.92 Å². The molecule has 0 radical (unpaired) electrons. The number of ether oxygens (including phenoxy) is 1. The number of nitrogens with one attached hydrogen (secondary N) is 1. The van der Waals surface area contributed by atoms with Gasteiger partial charge in [0.15, 0.2) is 0 Å². The zero-order valence-corrected chi connectivity index (χ0v) is 14.0. The highest BCUT2D eigenvalue weighted by Crippen LogP contribution is 2.19. The van der Waals surface area contributed by atoms with Gasteiger partial charge in [-0.1, -0.05) is 39.3 Å². The Hall–Kier alpha value is -0.510. The van der Waals surface area contributed by atoms with E-state index >= 15 is 0 Å². The molecule has 0 saturated heterocycles. The van der Waals surface area contributed by atoms with E-state index in [1.54, 1.807) is 0 Å². The number of hydrogen-bond donors (Lipinski definition) is 1. The average Bonchev–Trinajstić information content (AvgIpc) is 2.43. The van der Waals surface area contributed by atoms with Crippen molar-refractivity contribution in [3.8, 4) is 0 Å². The van der Waals surface area contributed by atoms with Crippen LogP contribution in [0, 0.1) is 5.92 Å². The number of benzene rings is 1. The van der Waals surface area contributed by atoms with Crippen LogP contribution in [0.1, 0.15) is 39.2 Å². The van der Waals surface area contributed by atoms with Crippen molar-refractivity contribution in [1.82, 2.24) is 5.32 Å². The topological polar surface area (TPSA) is 21.3 Å². The van der Waals surface area contributed by atoms with E-state index in [0.29, 0.717) is 5.92 Å². The summed E-state index contributed by atoms with van der Waals surface area (Å²) in [5, 5.41) is 3.48. The van der Waals surface area contributed by atoms with Gasteiger partial charge in [-0.3, -0.25) is 0 Å². The fraction of sp³-hybridized carbons (Fsp3) is 0.647. The molecule has 0 aliphatic rings. The van der Waals surface area contributed by atoms with Gasteiger partial charge in [0.25, 0.3) is 0 Å². The van der Waals surface area contributed by atoms with Gasteiger partial charge < -0.3 is 10.1 Å². The highest BCUT2D eigenvalue weighted by molar-refractivity contribution is 7.99. The summed E-state index contributed by atoms with van der Waals surface area (Å²) in [5.41, 5.74) is 1.36. The average molecular weight is 295 g/mol. The molecule has 0 bridgehead atoms. The molecule has 0 fully saturated rings. The predicted molar refractivity (Wildman–Crippen MR) is 89.4 cm³/mol. The summed E-state index contributed by atoms with van der Waals surface area (Å²) in [5.74, 6) is 1.74. The van der Waals surface area contributed by atoms with Crippen molar-refractivity contribution in [2.75, 3.05) is 25.5 Å². The Labute approximate surface area is 128 Å². The van der Waals surface area contributed by atoms with Crippen molar-refractivity contribution in [3.05, 3.63) is 29.8 Å². The van der Waals surface area contributed by atoms with Crippen LogP contribution in [0.3, 0.4) is 0 Å². The van der Waals surface area contributed by atoms with Crippen LogP contribution in [-0.2, 0) is 11.3 Å². The molecule has 0 aromatic heterocycles. The Morgan fingerprint density at radius 1 is 1.25 bits per heavy atom. The monoisotopic (exact) mass is 295 g/mol. The number of rotatable bonds is 11. The third kappa shape index (κ3) is 8.62. The van der Waals surface area contributed by atoms with Crippen LogP contribution in [0.25, 0.3) is 0 Å². The highest BCUT2D eigenvalue weighted by atomic mass is 32.2. The van der Waals surface area contributed by atoms with Crippen LogP contribution >= 0.6 is 11.8 Å². The van der Waals surface area contributed by atoms with Crippen molar-refractivity contribution in [3.63, 3.8) is 0 Å². The third-order valence-electron chi connectivity index (χ3n) is 2.92. The lowest BCUT2D eigenvalue weighted by molar-refractivity contribution is 0.147. The van der Waals surface area contributed by atoms with E-state index in [0.717, 1.165) is 32.1 Å². The molecule has 0 unspecified atom stereocenters. The zero-order valence-electron chi connectivity index (χ0n) is 13.2. The molecular formula is C17H29NOS. The Kier molecular flexibility index (Phi) is 9.81. The van der Waals surface area contributed by atoms with E-state index < -0.39 is 0 Å². The second kappa shape index (κ2) is 11.2. The van der Waals surface area contributed by atoms with E-state index in [4.69, 9.17) is 4.74 Å². The zero-order chi connectivity index (χ0) is 14.6. The summed E-state index contributed by atoms with van der Waals surface area (Å²) >= 11 is 1.88. The first-order chi connectivity index (χ1) is 9.72. The van der Waals surface area contributed by atoms with Gasteiger partial charge in [-0.15, -0.1) is 11.8 Å². The SMILES string of the molecule is CCCCOCCSc1cccc(CNCC(C)C)c1.